The SMILES string of the molecule is Cc1[nH]c(/C=C2\C(=O)Nc3cccc(-c4cccc(-c5ccccc5)c4)c32)c(C)c1C(=O)N1CCC(N2CCCC2)CC1. The van der Waals surface area contributed by atoms with Crippen molar-refractivity contribution in [1.82, 2.24) is 14.8 Å². The van der Waals surface area contributed by atoms with Gasteiger partial charge in [0.15, 0.2) is 0 Å². The Kier molecular flexibility index (Phi) is 7.23. The van der Waals surface area contributed by atoms with Crippen LogP contribution in [0.3, 0.4) is 0 Å². The minimum atomic E-state index is -0.134. The van der Waals surface area contributed by atoms with Gasteiger partial charge in [0.1, 0.15) is 0 Å². The Morgan fingerprint density at radius 1 is 0.837 bits per heavy atom. The number of H-pyrrole nitrogens is 1. The molecule has 0 aliphatic carbocycles. The third-order valence-electron chi connectivity index (χ3n) is 9.49. The van der Waals surface area contributed by atoms with E-state index in [9.17, 15) is 9.59 Å². The Bertz CT molecular complexity index is 1720. The number of rotatable bonds is 5. The van der Waals surface area contributed by atoms with Crippen LogP contribution < -0.4 is 5.32 Å². The van der Waals surface area contributed by atoms with Gasteiger partial charge in [0, 0.05) is 41.8 Å². The fourth-order valence-corrected chi connectivity index (χ4v) is 7.21. The zero-order valence-electron chi connectivity index (χ0n) is 25.0. The highest BCUT2D eigenvalue weighted by Gasteiger charge is 2.32. The van der Waals surface area contributed by atoms with Crippen LogP contribution in [0.1, 0.15) is 58.6 Å². The molecule has 2 fully saturated rings. The molecule has 6 heteroatoms. The second-order valence-corrected chi connectivity index (χ2v) is 12.1. The van der Waals surface area contributed by atoms with Crippen molar-refractivity contribution in [2.75, 3.05) is 31.5 Å². The fourth-order valence-electron chi connectivity index (χ4n) is 7.21. The van der Waals surface area contributed by atoms with Crippen LogP contribution in [0.2, 0.25) is 0 Å². The average Bonchev–Trinajstić information content (AvgIpc) is 3.76. The Hall–Kier alpha value is -4.42. The molecule has 2 N–H and O–H groups in total. The number of likely N-dealkylation sites (tertiary alicyclic amines) is 2. The molecule has 3 aliphatic heterocycles. The number of nitrogens with one attached hydrogen (secondary N) is 2. The number of piperidine rings is 1. The molecule has 0 bridgehead atoms. The minimum Gasteiger partial charge on any atom is -0.358 e. The lowest BCUT2D eigenvalue weighted by atomic mass is 9.92. The van der Waals surface area contributed by atoms with E-state index in [0.29, 0.717) is 11.6 Å². The first-order chi connectivity index (χ1) is 21.0. The number of aromatic amines is 1. The summed E-state index contributed by atoms with van der Waals surface area (Å²) < 4.78 is 0. The van der Waals surface area contributed by atoms with E-state index < -0.39 is 0 Å². The molecule has 3 aromatic carbocycles. The molecule has 1 aromatic heterocycles. The summed E-state index contributed by atoms with van der Waals surface area (Å²) in [6.07, 6.45) is 6.59. The molecule has 0 spiro atoms. The number of aromatic nitrogens is 1. The highest BCUT2D eigenvalue weighted by molar-refractivity contribution is 6.36. The Labute approximate surface area is 253 Å². The number of carbonyl (C=O) groups is 2. The summed E-state index contributed by atoms with van der Waals surface area (Å²) in [4.78, 5) is 35.2. The molecule has 0 radical (unpaired) electrons. The molecular formula is C37H38N4O2. The maximum Gasteiger partial charge on any atom is 0.256 e. The predicted molar refractivity (Wildman–Crippen MR) is 174 cm³/mol. The van der Waals surface area contributed by atoms with E-state index in [1.165, 1.54) is 25.9 Å². The smallest absolute Gasteiger partial charge is 0.256 e. The van der Waals surface area contributed by atoms with Gasteiger partial charge in [0.05, 0.1) is 11.1 Å². The van der Waals surface area contributed by atoms with Crippen LogP contribution >= 0.6 is 0 Å². The molecule has 7 rings (SSSR count). The maximum absolute atomic E-state index is 13.8. The van der Waals surface area contributed by atoms with Crippen LogP contribution in [-0.2, 0) is 4.79 Å². The first-order valence-electron chi connectivity index (χ1n) is 15.5. The lowest BCUT2D eigenvalue weighted by Gasteiger charge is -2.36. The van der Waals surface area contributed by atoms with Crippen molar-refractivity contribution in [3.8, 4) is 22.3 Å². The highest BCUT2D eigenvalue weighted by atomic mass is 16.2. The summed E-state index contributed by atoms with van der Waals surface area (Å²) in [6, 6.07) is 25.4. The molecule has 2 saturated heterocycles. The van der Waals surface area contributed by atoms with Crippen LogP contribution in [0, 0.1) is 13.8 Å². The van der Waals surface area contributed by atoms with Crippen LogP contribution in [0.5, 0.6) is 0 Å². The van der Waals surface area contributed by atoms with E-state index in [-0.39, 0.29) is 11.8 Å². The number of benzene rings is 3. The van der Waals surface area contributed by atoms with Crippen molar-refractivity contribution < 1.29 is 9.59 Å². The first-order valence-corrected chi connectivity index (χ1v) is 15.5. The van der Waals surface area contributed by atoms with E-state index in [1.807, 2.05) is 55.2 Å². The number of carbonyl (C=O) groups excluding carboxylic acids is 2. The van der Waals surface area contributed by atoms with Crippen LogP contribution in [0.25, 0.3) is 33.9 Å². The predicted octanol–water partition coefficient (Wildman–Crippen LogP) is 7.16. The molecule has 4 aromatic rings. The monoisotopic (exact) mass is 570 g/mol. The lowest BCUT2D eigenvalue weighted by Crippen LogP contribution is -2.46. The van der Waals surface area contributed by atoms with Crippen LogP contribution in [0.4, 0.5) is 5.69 Å². The van der Waals surface area contributed by atoms with Gasteiger partial charge < -0.3 is 20.1 Å². The van der Waals surface area contributed by atoms with E-state index in [1.54, 1.807) is 0 Å². The second-order valence-electron chi connectivity index (χ2n) is 12.1. The normalized spacial score (nSPS) is 18.3. The van der Waals surface area contributed by atoms with Crippen molar-refractivity contribution >= 4 is 29.2 Å². The molecule has 3 aliphatic rings. The van der Waals surface area contributed by atoms with E-state index in [4.69, 9.17) is 0 Å². The Morgan fingerprint density at radius 2 is 1.53 bits per heavy atom. The van der Waals surface area contributed by atoms with Gasteiger partial charge in [-0.25, -0.2) is 0 Å². The van der Waals surface area contributed by atoms with Crippen molar-refractivity contribution in [2.45, 2.75) is 45.6 Å². The Morgan fingerprint density at radius 3 is 2.30 bits per heavy atom. The van der Waals surface area contributed by atoms with Gasteiger partial charge in [-0.2, -0.15) is 0 Å². The number of hydrogen-bond donors (Lipinski definition) is 2. The summed E-state index contributed by atoms with van der Waals surface area (Å²) in [5.41, 5.74) is 9.89. The van der Waals surface area contributed by atoms with Gasteiger partial charge in [-0.05, 0) is 98.6 Å². The maximum atomic E-state index is 13.8. The van der Waals surface area contributed by atoms with Gasteiger partial charge in [0.25, 0.3) is 11.8 Å². The van der Waals surface area contributed by atoms with Crippen molar-refractivity contribution in [2.24, 2.45) is 0 Å². The summed E-state index contributed by atoms with van der Waals surface area (Å²) in [7, 11) is 0. The molecule has 2 amide bonds. The largest absolute Gasteiger partial charge is 0.358 e. The van der Waals surface area contributed by atoms with Crippen LogP contribution in [0.15, 0.2) is 72.8 Å². The summed E-state index contributed by atoms with van der Waals surface area (Å²) in [6.45, 7) is 7.93. The first kappa shape index (κ1) is 27.4. The molecule has 43 heavy (non-hydrogen) atoms. The topological polar surface area (TPSA) is 68.4 Å². The van der Waals surface area contributed by atoms with Gasteiger partial charge in [0.2, 0.25) is 0 Å². The molecular weight excluding hydrogens is 532 g/mol. The summed E-state index contributed by atoms with van der Waals surface area (Å²) >= 11 is 0. The van der Waals surface area contributed by atoms with Gasteiger partial charge in [-0.15, -0.1) is 0 Å². The van der Waals surface area contributed by atoms with Gasteiger partial charge >= 0.3 is 0 Å². The number of fused-ring (bicyclic) bond motifs is 1. The molecule has 0 saturated carbocycles. The quantitative estimate of drug-likeness (QED) is 0.250. The molecule has 218 valence electrons. The third kappa shape index (κ3) is 5.10. The number of anilines is 1. The van der Waals surface area contributed by atoms with Crippen molar-refractivity contribution in [1.29, 1.82) is 0 Å². The number of amides is 2. The number of nitrogens with zero attached hydrogens (tertiary/aromatic N) is 2. The van der Waals surface area contributed by atoms with E-state index in [0.717, 1.165) is 82.0 Å². The summed E-state index contributed by atoms with van der Waals surface area (Å²) in [5, 5.41) is 3.07. The highest BCUT2D eigenvalue weighted by Crippen LogP contribution is 2.41. The van der Waals surface area contributed by atoms with E-state index in [2.05, 4.69) is 57.7 Å². The fraction of sp³-hybridized carbons (Fsp3) is 0.297. The van der Waals surface area contributed by atoms with E-state index >= 15 is 0 Å². The molecule has 0 atom stereocenters. The minimum absolute atomic E-state index is 0.0884. The molecule has 6 nitrogen and oxygen atoms in total. The van der Waals surface area contributed by atoms with Crippen molar-refractivity contribution in [3.05, 3.63) is 101 Å². The third-order valence-corrected chi connectivity index (χ3v) is 9.49. The Balaban J connectivity index is 1.19. The zero-order chi connectivity index (χ0) is 29.5. The number of hydrogen-bond acceptors (Lipinski definition) is 3. The van der Waals surface area contributed by atoms with Crippen LogP contribution in [-0.4, -0.2) is 58.8 Å². The number of aryl methyl sites for hydroxylation is 1. The summed E-state index contributed by atoms with van der Waals surface area (Å²) in [5.74, 6) is -0.0457. The molecule has 0 unspecified atom stereocenters. The molecule has 4 heterocycles. The zero-order valence-corrected chi connectivity index (χ0v) is 25.0. The average molecular weight is 571 g/mol. The second kappa shape index (κ2) is 11.3. The van der Waals surface area contributed by atoms with Gasteiger partial charge in [-0.1, -0.05) is 60.7 Å². The van der Waals surface area contributed by atoms with Gasteiger partial charge in [-0.3, -0.25) is 9.59 Å². The standard InChI is InChI=1S/C37H38N4O2/c1-24-33(38-25(2)34(24)37(43)41-20-16-29(17-21-41)40-18-6-7-19-40)23-31-35-30(14-9-15-32(35)39-36(31)42)28-13-8-12-27(22-28)26-10-4-3-5-11-26/h3-5,8-15,22-23,29,38H,6-7,16-21H2,1-2H3,(H,39,42)/b31-23-. The van der Waals surface area contributed by atoms with Crippen molar-refractivity contribution in [3.63, 3.8) is 0 Å². The lowest BCUT2D eigenvalue weighted by molar-refractivity contribution is -0.110.